The summed E-state index contributed by atoms with van der Waals surface area (Å²) >= 11 is 6.44. The van der Waals surface area contributed by atoms with Gasteiger partial charge < -0.3 is 5.73 Å². The minimum absolute atomic E-state index is 0. The largest absolute Gasteiger partial charge is 0.385 e. The Morgan fingerprint density at radius 1 is 1.46 bits per heavy atom. The van der Waals surface area contributed by atoms with E-state index in [1.165, 1.54) is 25.7 Å². The van der Waals surface area contributed by atoms with Crippen LogP contribution in [-0.4, -0.2) is 10.1 Å². The molecule has 1 nitrogen and oxygen atoms in total. The molecule has 0 fully saturated rings. The summed E-state index contributed by atoms with van der Waals surface area (Å²) in [4.78, 5) is 0. The van der Waals surface area contributed by atoms with Gasteiger partial charge in [-0.3, -0.25) is 0 Å². The summed E-state index contributed by atoms with van der Waals surface area (Å²) in [6, 6.07) is 0. The second kappa shape index (κ2) is 10.8. The molecule has 0 aliphatic heterocycles. The van der Waals surface area contributed by atoms with E-state index in [9.17, 15) is 0 Å². The predicted molar refractivity (Wildman–Crippen MR) is 62.5 cm³/mol. The molecule has 0 rings (SSSR count). The predicted octanol–water partition coefficient (Wildman–Crippen LogP) is 3.18. The first-order chi connectivity index (χ1) is 5.70. The van der Waals surface area contributed by atoms with Crippen LogP contribution in [0.2, 0.25) is 0 Å². The number of thiocarbonyl (C=S) groups is 1. The first-order valence-electron chi connectivity index (χ1n) is 4.62. The van der Waals surface area contributed by atoms with Gasteiger partial charge >= 0.3 is 0 Å². The summed E-state index contributed by atoms with van der Waals surface area (Å²) in [6.45, 7) is 4.47. The van der Waals surface area contributed by atoms with Gasteiger partial charge in [0.25, 0.3) is 0 Å². The molecule has 1 atom stereocenters. The third-order valence-electron chi connectivity index (χ3n) is 2.00. The van der Waals surface area contributed by atoms with Gasteiger partial charge in [0.05, 0.1) is 0 Å². The van der Waals surface area contributed by atoms with E-state index in [1.54, 1.807) is 11.8 Å². The van der Waals surface area contributed by atoms with Gasteiger partial charge in [0.2, 0.25) is 0 Å². The van der Waals surface area contributed by atoms with Gasteiger partial charge in [0.1, 0.15) is 4.32 Å². The maximum absolute atomic E-state index is 5.42. The van der Waals surface area contributed by atoms with Gasteiger partial charge in [-0.05, 0) is 12.3 Å². The van der Waals surface area contributed by atoms with Gasteiger partial charge in [0.15, 0.2) is 0 Å². The fourth-order valence-corrected chi connectivity index (χ4v) is 2.10. The number of hydrogen-bond acceptors (Lipinski definition) is 2. The topological polar surface area (TPSA) is 26.0 Å². The molecule has 0 heterocycles. The van der Waals surface area contributed by atoms with Crippen LogP contribution >= 0.6 is 24.0 Å². The minimum Gasteiger partial charge on any atom is -0.385 e. The molecule has 0 aliphatic carbocycles. The number of unbranched alkanes of at least 4 members (excludes halogenated alkanes) is 1. The van der Waals surface area contributed by atoms with E-state index in [2.05, 4.69) is 13.8 Å². The average molecular weight is 269 g/mol. The van der Waals surface area contributed by atoms with E-state index in [-0.39, 0.29) is 17.1 Å². The molecule has 0 saturated heterocycles. The maximum atomic E-state index is 5.42. The molecule has 1 unspecified atom stereocenters. The first-order valence-corrected chi connectivity index (χ1v) is 6.02. The molecular formula is C9H19CuNS2. The Bertz CT molecular complexity index is 131. The summed E-state index contributed by atoms with van der Waals surface area (Å²) in [5.74, 6) is 1.91. The number of rotatable bonds is 6. The van der Waals surface area contributed by atoms with Crippen LogP contribution in [0.5, 0.6) is 0 Å². The quantitative estimate of drug-likeness (QED) is 0.592. The van der Waals surface area contributed by atoms with Crippen LogP contribution in [-0.2, 0) is 17.1 Å². The molecule has 0 bridgehead atoms. The zero-order chi connectivity index (χ0) is 9.40. The molecule has 0 aliphatic rings. The van der Waals surface area contributed by atoms with E-state index in [0.717, 1.165) is 11.7 Å². The minimum atomic E-state index is 0. The SMILES string of the molecule is CCCCC(CC)CSC(N)=S.[Cu]. The van der Waals surface area contributed by atoms with Crippen LogP contribution in [0.15, 0.2) is 0 Å². The van der Waals surface area contributed by atoms with Crippen molar-refractivity contribution in [1.82, 2.24) is 0 Å². The van der Waals surface area contributed by atoms with Crippen LogP contribution in [0.1, 0.15) is 39.5 Å². The van der Waals surface area contributed by atoms with Crippen LogP contribution < -0.4 is 5.73 Å². The fraction of sp³-hybridized carbons (Fsp3) is 0.889. The van der Waals surface area contributed by atoms with Crippen LogP contribution in [0.3, 0.4) is 0 Å². The zero-order valence-corrected chi connectivity index (χ0v) is 10.9. The molecule has 0 spiro atoms. The Labute approximate surface area is 102 Å². The van der Waals surface area contributed by atoms with Crippen LogP contribution in [0.25, 0.3) is 0 Å². The molecular weight excluding hydrogens is 250 g/mol. The summed E-state index contributed by atoms with van der Waals surface area (Å²) in [5, 5.41) is 0. The Morgan fingerprint density at radius 3 is 2.46 bits per heavy atom. The van der Waals surface area contributed by atoms with E-state index in [1.807, 2.05) is 0 Å². The summed E-state index contributed by atoms with van der Waals surface area (Å²) in [5.41, 5.74) is 5.42. The molecule has 83 valence electrons. The van der Waals surface area contributed by atoms with E-state index in [0.29, 0.717) is 4.32 Å². The van der Waals surface area contributed by atoms with E-state index >= 15 is 0 Å². The summed E-state index contributed by atoms with van der Waals surface area (Å²) in [6.07, 6.45) is 5.18. The molecule has 2 N–H and O–H groups in total. The van der Waals surface area contributed by atoms with Gasteiger partial charge in [-0.1, -0.05) is 57.1 Å². The van der Waals surface area contributed by atoms with Crippen molar-refractivity contribution >= 4 is 28.3 Å². The average Bonchev–Trinajstić information content (AvgIpc) is 2.05. The second-order valence-electron chi connectivity index (χ2n) is 3.05. The van der Waals surface area contributed by atoms with Gasteiger partial charge in [-0.15, -0.1) is 0 Å². The van der Waals surface area contributed by atoms with Crippen molar-refractivity contribution in [2.75, 3.05) is 5.75 Å². The summed E-state index contributed by atoms with van der Waals surface area (Å²) < 4.78 is 0.588. The van der Waals surface area contributed by atoms with Crippen LogP contribution in [0.4, 0.5) is 0 Å². The van der Waals surface area contributed by atoms with Gasteiger partial charge in [-0.25, -0.2) is 0 Å². The molecule has 4 heteroatoms. The zero-order valence-electron chi connectivity index (χ0n) is 8.31. The van der Waals surface area contributed by atoms with Crippen molar-refractivity contribution in [1.29, 1.82) is 0 Å². The molecule has 13 heavy (non-hydrogen) atoms. The molecule has 0 aromatic carbocycles. The van der Waals surface area contributed by atoms with E-state index < -0.39 is 0 Å². The van der Waals surface area contributed by atoms with Crippen molar-refractivity contribution in [2.24, 2.45) is 11.7 Å². The van der Waals surface area contributed by atoms with Gasteiger partial charge in [-0.2, -0.15) is 0 Å². The van der Waals surface area contributed by atoms with Crippen molar-refractivity contribution in [3.05, 3.63) is 0 Å². The fourth-order valence-electron chi connectivity index (χ4n) is 1.10. The van der Waals surface area contributed by atoms with Gasteiger partial charge in [0, 0.05) is 22.8 Å². The van der Waals surface area contributed by atoms with Crippen molar-refractivity contribution < 1.29 is 17.1 Å². The second-order valence-corrected chi connectivity index (χ2v) is 4.81. The monoisotopic (exact) mass is 268 g/mol. The maximum Gasteiger partial charge on any atom is 0.131 e. The number of nitrogens with two attached hydrogens (primary N) is 1. The van der Waals surface area contributed by atoms with Crippen molar-refractivity contribution in [3.63, 3.8) is 0 Å². The summed E-state index contributed by atoms with van der Waals surface area (Å²) in [7, 11) is 0. The standard InChI is InChI=1S/C9H19NS2.Cu/c1-3-5-6-8(4-2)7-12-9(10)11;/h8H,3-7H2,1-2H3,(H2,10,11);. The van der Waals surface area contributed by atoms with E-state index in [4.69, 9.17) is 18.0 Å². The molecule has 0 aromatic rings. The Kier molecular flexibility index (Phi) is 13.5. The molecule has 1 radical (unpaired) electrons. The normalized spacial score (nSPS) is 11.8. The van der Waals surface area contributed by atoms with Crippen LogP contribution in [0, 0.1) is 5.92 Å². The third kappa shape index (κ3) is 10.7. The number of hydrogen-bond donors (Lipinski definition) is 1. The van der Waals surface area contributed by atoms with Crippen molar-refractivity contribution in [3.8, 4) is 0 Å². The Morgan fingerprint density at radius 2 is 2.08 bits per heavy atom. The van der Waals surface area contributed by atoms with Crippen molar-refractivity contribution in [2.45, 2.75) is 39.5 Å². The smallest absolute Gasteiger partial charge is 0.131 e. The Hall–Kier alpha value is 0.759. The molecule has 0 aromatic heterocycles. The Balaban J connectivity index is 0. The first kappa shape index (κ1) is 16.2. The molecule has 0 amide bonds. The molecule has 0 saturated carbocycles. The number of thioether (sulfide) groups is 1. The third-order valence-corrected chi connectivity index (χ3v) is 3.28.